The Hall–Kier alpha value is -0.720. The molecule has 1 heterocycles. The van der Waals surface area contributed by atoms with Crippen molar-refractivity contribution in [2.75, 3.05) is 0 Å². The van der Waals surface area contributed by atoms with Gasteiger partial charge in [0, 0.05) is 17.9 Å². The third-order valence-electron chi connectivity index (χ3n) is 5.10. The topological polar surface area (TPSA) is 4.93 Å². The van der Waals surface area contributed by atoms with Crippen LogP contribution in [0.2, 0.25) is 0 Å². The van der Waals surface area contributed by atoms with E-state index in [0.717, 1.165) is 5.92 Å². The van der Waals surface area contributed by atoms with Gasteiger partial charge < -0.3 is 4.57 Å². The van der Waals surface area contributed by atoms with E-state index in [2.05, 4.69) is 58.2 Å². The van der Waals surface area contributed by atoms with Crippen molar-refractivity contribution in [1.82, 2.24) is 4.57 Å². The molecule has 0 N–H and O–H groups in total. The third kappa shape index (κ3) is 1.36. The van der Waals surface area contributed by atoms with Crippen LogP contribution in [0.1, 0.15) is 39.1 Å². The smallest absolute Gasteiger partial charge is 0.0263 e. The van der Waals surface area contributed by atoms with Gasteiger partial charge in [0.25, 0.3) is 0 Å². The lowest BCUT2D eigenvalue weighted by atomic mass is 10.0. The molecule has 0 spiro atoms. The molecular weight excluding hydrogens is 182 g/mol. The predicted octanol–water partition coefficient (Wildman–Crippen LogP) is 3.79. The number of nitrogens with zero attached hydrogens (tertiary/aromatic N) is 1. The van der Waals surface area contributed by atoms with E-state index < -0.39 is 0 Å². The first-order valence-corrected chi connectivity index (χ1v) is 5.91. The average Bonchev–Trinajstić information content (AvgIpc) is 2.41. The summed E-state index contributed by atoms with van der Waals surface area (Å²) in [6.07, 6.45) is 0. The van der Waals surface area contributed by atoms with Crippen LogP contribution in [-0.2, 0) is 6.54 Å². The highest BCUT2D eigenvalue weighted by Crippen LogP contribution is 2.68. The Balaban J connectivity index is 2.19. The minimum atomic E-state index is 0.496. The van der Waals surface area contributed by atoms with Crippen LogP contribution in [0.5, 0.6) is 0 Å². The molecule has 15 heavy (non-hydrogen) atoms. The summed E-state index contributed by atoms with van der Waals surface area (Å²) < 4.78 is 2.46. The first-order valence-electron chi connectivity index (χ1n) is 5.91. The highest BCUT2D eigenvalue weighted by molar-refractivity contribution is 5.17. The lowest BCUT2D eigenvalue weighted by Gasteiger charge is -2.10. The van der Waals surface area contributed by atoms with E-state index in [1.54, 1.807) is 0 Å². The Morgan fingerprint density at radius 1 is 1.00 bits per heavy atom. The van der Waals surface area contributed by atoms with Gasteiger partial charge in [-0.15, -0.1) is 0 Å². The molecular formula is C14H23N. The van der Waals surface area contributed by atoms with Crippen LogP contribution in [0.25, 0.3) is 0 Å². The number of hydrogen-bond donors (Lipinski definition) is 0. The molecule has 1 saturated carbocycles. The van der Waals surface area contributed by atoms with Gasteiger partial charge in [-0.2, -0.15) is 0 Å². The molecule has 0 aromatic carbocycles. The fourth-order valence-electron chi connectivity index (χ4n) is 2.96. The Bertz CT molecular complexity index is 349. The van der Waals surface area contributed by atoms with Crippen LogP contribution in [0, 0.1) is 30.6 Å². The highest BCUT2D eigenvalue weighted by atomic mass is 15.0. The van der Waals surface area contributed by atoms with Gasteiger partial charge in [0.15, 0.2) is 0 Å². The van der Waals surface area contributed by atoms with Gasteiger partial charge in [0.1, 0.15) is 0 Å². The average molecular weight is 205 g/mol. The van der Waals surface area contributed by atoms with Crippen molar-refractivity contribution in [3.8, 4) is 0 Å². The second-order valence-corrected chi connectivity index (χ2v) is 6.22. The molecule has 1 fully saturated rings. The van der Waals surface area contributed by atoms with E-state index in [-0.39, 0.29) is 0 Å². The maximum absolute atomic E-state index is 2.46. The molecule has 1 aromatic heterocycles. The standard InChI is InChI=1S/C14H23N/c1-10-7-8-11(2)15(10)9-12-13(3,4)14(12,5)6/h7-8,12H,9H2,1-6H3. The maximum Gasteiger partial charge on any atom is 0.0263 e. The summed E-state index contributed by atoms with van der Waals surface area (Å²) in [5, 5.41) is 0. The predicted molar refractivity (Wildman–Crippen MR) is 65.0 cm³/mol. The first-order chi connectivity index (χ1) is 6.78. The first kappa shape index (κ1) is 10.8. The minimum absolute atomic E-state index is 0.496. The third-order valence-corrected chi connectivity index (χ3v) is 5.10. The molecule has 1 nitrogen and oxygen atoms in total. The summed E-state index contributed by atoms with van der Waals surface area (Å²) in [6.45, 7) is 15.2. The van der Waals surface area contributed by atoms with Crippen molar-refractivity contribution >= 4 is 0 Å². The SMILES string of the molecule is Cc1ccc(C)n1CC1C(C)(C)C1(C)C. The van der Waals surface area contributed by atoms with Crippen molar-refractivity contribution in [3.05, 3.63) is 23.5 Å². The van der Waals surface area contributed by atoms with Gasteiger partial charge in [-0.25, -0.2) is 0 Å². The van der Waals surface area contributed by atoms with E-state index in [0.29, 0.717) is 10.8 Å². The van der Waals surface area contributed by atoms with E-state index in [1.165, 1.54) is 17.9 Å². The molecule has 0 atom stereocenters. The second-order valence-electron chi connectivity index (χ2n) is 6.22. The van der Waals surface area contributed by atoms with E-state index in [4.69, 9.17) is 0 Å². The van der Waals surface area contributed by atoms with Crippen LogP contribution in [0.4, 0.5) is 0 Å². The van der Waals surface area contributed by atoms with E-state index in [9.17, 15) is 0 Å². The summed E-state index contributed by atoms with van der Waals surface area (Å²) in [7, 11) is 0. The molecule has 1 aliphatic carbocycles. The summed E-state index contributed by atoms with van der Waals surface area (Å²) in [6, 6.07) is 4.44. The van der Waals surface area contributed by atoms with Crippen LogP contribution in [0.15, 0.2) is 12.1 Å². The van der Waals surface area contributed by atoms with Crippen molar-refractivity contribution in [3.63, 3.8) is 0 Å². The Labute approximate surface area is 93.5 Å². The molecule has 1 aliphatic rings. The number of hydrogen-bond acceptors (Lipinski definition) is 0. The summed E-state index contributed by atoms with van der Waals surface area (Å²) in [5.74, 6) is 0.815. The van der Waals surface area contributed by atoms with Gasteiger partial charge in [0.05, 0.1) is 0 Å². The Morgan fingerprint density at radius 3 is 1.73 bits per heavy atom. The zero-order chi connectivity index (χ0) is 11.4. The fraction of sp³-hybridized carbons (Fsp3) is 0.714. The van der Waals surface area contributed by atoms with E-state index >= 15 is 0 Å². The minimum Gasteiger partial charge on any atom is -0.349 e. The lowest BCUT2D eigenvalue weighted by Crippen LogP contribution is -2.07. The monoisotopic (exact) mass is 205 g/mol. The number of aryl methyl sites for hydroxylation is 2. The zero-order valence-electron chi connectivity index (χ0n) is 10.9. The second kappa shape index (κ2) is 2.90. The largest absolute Gasteiger partial charge is 0.349 e. The van der Waals surface area contributed by atoms with Crippen LogP contribution >= 0.6 is 0 Å². The van der Waals surface area contributed by atoms with Crippen LogP contribution < -0.4 is 0 Å². The summed E-state index contributed by atoms with van der Waals surface area (Å²) in [5.41, 5.74) is 3.78. The summed E-state index contributed by atoms with van der Waals surface area (Å²) >= 11 is 0. The summed E-state index contributed by atoms with van der Waals surface area (Å²) in [4.78, 5) is 0. The van der Waals surface area contributed by atoms with Crippen molar-refractivity contribution < 1.29 is 0 Å². The Kier molecular flexibility index (Phi) is 2.09. The molecule has 0 unspecified atom stereocenters. The van der Waals surface area contributed by atoms with Crippen LogP contribution in [-0.4, -0.2) is 4.57 Å². The van der Waals surface area contributed by atoms with Crippen molar-refractivity contribution in [1.29, 1.82) is 0 Å². The van der Waals surface area contributed by atoms with Gasteiger partial charge in [-0.1, -0.05) is 27.7 Å². The molecule has 0 amide bonds. The highest BCUT2D eigenvalue weighted by Gasteiger charge is 2.64. The zero-order valence-corrected chi connectivity index (χ0v) is 10.9. The molecule has 0 radical (unpaired) electrons. The molecule has 84 valence electrons. The molecule has 0 bridgehead atoms. The van der Waals surface area contributed by atoms with Crippen molar-refractivity contribution in [2.45, 2.75) is 48.1 Å². The molecule has 2 rings (SSSR count). The fourth-order valence-corrected chi connectivity index (χ4v) is 2.96. The van der Waals surface area contributed by atoms with Gasteiger partial charge in [-0.05, 0) is 42.7 Å². The maximum atomic E-state index is 2.46. The molecule has 0 aliphatic heterocycles. The quantitative estimate of drug-likeness (QED) is 0.692. The number of rotatable bonds is 2. The van der Waals surface area contributed by atoms with Crippen LogP contribution in [0.3, 0.4) is 0 Å². The number of aromatic nitrogens is 1. The molecule has 1 aromatic rings. The molecule has 0 saturated heterocycles. The Morgan fingerprint density at radius 2 is 1.40 bits per heavy atom. The normalized spacial score (nSPS) is 23.1. The lowest BCUT2D eigenvalue weighted by molar-refractivity contribution is 0.457. The molecule has 1 heteroatoms. The van der Waals surface area contributed by atoms with E-state index in [1.807, 2.05) is 0 Å². The van der Waals surface area contributed by atoms with Crippen molar-refractivity contribution in [2.24, 2.45) is 16.7 Å². The van der Waals surface area contributed by atoms with Gasteiger partial charge in [-0.3, -0.25) is 0 Å². The van der Waals surface area contributed by atoms with Gasteiger partial charge in [0.2, 0.25) is 0 Å². The van der Waals surface area contributed by atoms with Gasteiger partial charge >= 0.3 is 0 Å².